The van der Waals surface area contributed by atoms with Crippen LogP contribution in [0.2, 0.25) is 0 Å². The number of aryl methyl sites for hydroxylation is 2. The number of nitrogens with zero attached hydrogens (tertiary/aromatic N) is 1. The fourth-order valence-electron chi connectivity index (χ4n) is 0.675. The van der Waals surface area contributed by atoms with Crippen LogP contribution in [0.15, 0.2) is 4.34 Å². The Bertz CT molecular complexity index is 298. The van der Waals surface area contributed by atoms with Crippen LogP contribution in [-0.4, -0.2) is 10.7 Å². The molecule has 3 heteroatoms. The second-order valence-corrected chi connectivity index (χ2v) is 4.76. The Morgan fingerprint density at radius 2 is 2.25 bits per heavy atom. The molecule has 0 amide bonds. The Morgan fingerprint density at radius 1 is 1.50 bits per heavy atom. The van der Waals surface area contributed by atoms with E-state index in [0.29, 0.717) is 0 Å². The van der Waals surface area contributed by atoms with Gasteiger partial charge in [0.25, 0.3) is 0 Å². The zero-order valence-corrected chi connectivity index (χ0v) is 9.10. The van der Waals surface area contributed by atoms with Gasteiger partial charge in [-0.1, -0.05) is 17.7 Å². The summed E-state index contributed by atoms with van der Waals surface area (Å²) in [5, 5.41) is 0. The van der Waals surface area contributed by atoms with Crippen LogP contribution in [0, 0.1) is 25.7 Å². The molecule has 0 radical (unpaired) electrons. The lowest BCUT2D eigenvalue weighted by molar-refractivity contribution is 1.14. The lowest BCUT2D eigenvalue weighted by atomic mass is 10.4. The van der Waals surface area contributed by atoms with E-state index >= 15 is 0 Å². The average molecular weight is 197 g/mol. The van der Waals surface area contributed by atoms with Crippen LogP contribution in [0.25, 0.3) is 0 Å². The lowest BCUT2D eigenvalue weighted by Crippen LogP contribution is -1.74. The first-order chi connectivity index (χ1) is 5.74. The van der Waals surface area contributed by atoms with Crippen molar-refractivity contribution < 1.29 is 0 Å². The van der Waals surface area contributed by atoms with Crippen LogP contribution >= 0.6 is 23.1 Å². The molecule has 0 saturated heterocycles. The maximum absolute atomic E-state index is 4.40. The number of aromatic nitrogens is 1. The fourth-order valence-corrected chi connectivity index (χ4v) is 2.64. The third-order valence-electron chi connectivity index (χ3n) is 1.45. The predicted molar refractivity (Wildman–Crippen MR) is 55.8 cm³/mol. The SMILES string of the molecule is CC#CCSc1nc(C)c(C)s1. The molecule has 0 aliphatic rings. The molecule has 12 heavy (non-hydrogen) atoms. The van der Waals surface area contributed by atoms with E-state index in [4.69, 9.17) is 0 Å². The molecule has 0 aliphatic heterocycles. The standard InChI is InChI=1S/C9H11NS2/c1-4-5-6-11-9-10-7(2)8(3)12-9/h6H2,1-3H3. The first kappa shape index (κ1) is 9.63. The minimum Gasteiger partial charge on any atom is -0.235 e. The summed E-state index contributed by atoms with van der Waals surface area (Å²) in [5.41, 5.74) is 1.15. The average Bonchev–Trinajstić information content (AvgIpc) is 2.32. The smallest absolute Gasteiger partial charge is 0.151 e. The molecule has 64 valence electrons. The Balaban J connectivity index is 2.56. The van der Waals surface area contributed by atoms with Crippen LogP contribution in [0.3, 0.4) is 0 Å². The number of rotatable bonds is 2. The van der Waals surface area contributed by atoms with E-state index in [0.717, 1.165) is 15.8 Å². The van der Waals surface area contributed by atoms with E-state index in [1.165, 1.54) is 4.88 Å². The molecular formula is C9H11NS2. The van der Waals surface area contributed by atoms with Gasteiger partial charge in [0.05, 0.1) is 11.4 Å². The van der Waals surface area contributed by atoms with Gasteiger partial charge in [0.15, 0.2) is 4.34 Å². The molecule has 0 fully saturated rings. The van der Waals surface area contributed by atoms with Crippen LogP contribution in [0.5, 0.6) is 0 Å². The summed E-state index contributed by atoms with van der Waals surface area (Å²) in [6, 6.07) is 0. The first-order valence-corrected chi connectivity index (χ1v) is 5.50. The Morgan fingerprint density at radius 3 is 2.75 bits per heavy atom. The highest BCUT2D eigenvalue weighted by Gasteiger charge is 2.01. The van der Waals surface area contributed by atoms with Gasteiger partial charge in [-0.15, -0.1) is 17.3 Å². The summed E-state index contributed by atoms with van der Waals surface area (Å²) in [6.07, 6.45) is 0. The van der Waals surface area contributed by atoms with Crippen molar-refractivity contribution in [3.8, 4) is 11.8 Å². The van der Waals surface area contributed by atoms with Gasteiger partial charge in [-0.25, -0.2) is 4.98 Å². The van der Waals surface area contributed by atoms with E-state index in [9.17, 15) is 0 Å². The van der Waals surface area contributed by atoms with Crippen molar-refractivity contribution >= 4 is 23.1 Å². The molecule has 0 unspecified atom stereocenters. The van der Waals surface area contributed by atoms with E-state index in [2.05, 4.69) is 23.7 Å². The molecule has 1 rings (SSSR count). The summed E-state index contributed by atoms with van der Waals surface area (Å²) >= 11 is 3.46. The van der Waals surface area contributed by atoms with E-state index in [1.807, 2.05) is 13.8 Å². The zero-order valence-electron chi connectivity index (χ0n) is 7.47. The van der Waals surface area contributed by atoms with Crippen LogP contribution in [0.4, 0.5) is 0 Å². The predicted octanol–water partition coefficient (Wildman–Crippen LogP) is 2.88. The lowest BCUT2D eigenvalue weighted by Gasteiger charge is -1.85. The molecule has 1 aromatic rings. The molecule has 1 nitrogen and oxygen atoms in total. The van der Waals surface area contributed by atoms with Crippen molar-refractivity contribution in [2.75, 3.05) is 5.75 Å². The minimum atomic E-state index is 0.850. The fraction of sp³-hybridized carbons (Fsp3) is 0.444. The third-order valence-corrected chi connectivity index (χ3v) is 3.55. The summed E-state index contributed by atoms with van der Waals surface area (Å²) in [6.45, 7) is 6.00. The topological polar surface area (TPSA) is 12.9 Å². The van der Waals surface area contributed by atoms with Crippen molar-refractivity contribution in [3.05, 3.63) is 10.6 Å². The van der Waals surface area contributed by atoms with Gasteiger partial charge >= 0.3 is 0 Å². The monoisotopic (exact) mass is 197 g/mol. The van der Waals surface area contributed by atoms with Crippen molar-refractivity contribution in [2.45, 2.75) is 25.1 Å². The van der Waals surface area contributed by atoms with Gasteiger partial charge in [-0.3, -0.25) is 0 Å². The maximum atomic E-state index is 4.40. The number of hydrogen-bond donors (Lipinski definition) is 0. The van der Waals surface area contributed by atoms with Gasteiger partial charge in [0, 0.05) is 4.88 Å². The van der Waals surface area contributed by atoms with E-state index in [-0.39, 0.29) is 0 Å². The van der Waals surface area contributed by atoms with Crippen molar-refractivity contribution in [1.82, 2.24) is 4.98 Å². The molecule has 0 bridgehead atoms. The van der Waals surface area contributed by atoms with Gasteiger partial charge in [0.1, 0.15) is 0 Å². The molecule has 1 aromatic heterocycles. The largest absolute Gasteiger partial charge is 0.235 e. The molecule has 0 saturated carbocycles. The van der Waals surface area contributed by atoms with Gasteiger partial charge in [-0.2, -0.15) is 0 Å². The number of thiazole rings is 1. The molecule has 0 atom stereocenters. The normalized spacial score (nSPS) is 9.25. The molecule has 0 spiro atoms. The van der Waals surface area contributed by atoms with Gasteiger partial charge in [0.2, 0.25) is 0 Å². The highest BCUT2D eigenvalue weighted by atomic mass is 32.2. The molecule has 0 aliphatic carbocycles. The Labute approximate surface area is 81.6 Å². The van der Waals surface area contributed by atoms with Gasteiger partial charge in [-0.05, 0) is 20.8 Å². The highest BCUT2D eigenvalue weighted by molar-refractivity contribution is 8.01. The highest BCUT2D eigenvalue weighted by Crippen LogP contribution is 2.25. The molecule has 0 N–H and O–H groups in total. The van der Waals surface area contributed by atoms with E-state index < -0.39 is 0 Å². The van der Waals surface area contributed by atoms with Crippen LogP contribution in [-0.2, 0) is 0 Å². The maximum Gasteiger partial charge on any atom is 0.151 e. The summed E-state index contributed by atoms with van der Waals surface area (Å²) < 4.78 is 1.13. The van der Waals surface area contributed by atoms with Crippen molar-refractivity contribution in [3.63, 3.8) is 0 Å². The van der Waals surface area contributed by atoms with Crippen LogP contribution in [0.1, 0.15) is 17.5 Å². The van der Waals surface area contributed by atoms with Crippen molar-refractivity contribution in [1.29, 1.82) is 0 Å². The first-order valence-electron chi connectivity index (χ1n) is 3.70. The summed E-state index contributed by atoms with van der Waals surface area (Å²) in [5.74, 6) is 6.72. The zero-order chi connectivity index (χ0) is 8.97. The second kappa shape index (κ2) is 4.54. The minimum absolute atomic E-state index is 0.850. The quantitative estimate of drug-likeness (QED) is 0.534. The summed E-state index contributed by atoms with van der Waals surface area (Å²) in [7, 11) is 0. The van der Waals surface area contributed by atoms with E-state index in [1.54, 1.807) is 23.1 Å². The summed E-state index contributed by atoms with van der Waals surface area (Å²) in [4.78, 5) is 5.70. The van der Waals surface area contributed by atoms with Crippen LogP contribution < -0.4 is 0 Å². The van der Waals surface area contributed by atoms with Crippen molar-refractivity contribution in [2.24, 2.45) is 0 Å². The molecular weight excluding hydrogens is 186 g/mol. The molecule has 1 heterocycles. The second-order valence-electron chi connectivity index (χ2n) is 2.34. The third kappa shape index (κ3) is 2.54. The number of hydrogen-bond acceptors (Lipinski definition) is 3. The Hall–Kier alpha value is -0.460. The Kier molecular flexibility index (Phi) is 3.64. The number of thioether (sulfide) groups is 1. The molecule has 0 aromatic carbocycles. The van der Waals surface area contributed by atoms with Gasteiger partial charge < -0.3 is 0 Å².